The lowest BCUT2D eigenvalue weighted by molar-refractivity contribution is -0.138. The Hall–Kier alpha value is -2.11. The van der Waals surface area contributed by atoms with E-state index < -0.39 is 18.0 Å². The summed E-state index contributed by atoms with van der Waals surface area (Å²) >= 11 is 0. The van der Waals surface area contributed by atoms with Gasteiger partial charge in [0.05, 0.1) is 0 Å². The average Bonchev–Trinajstić information content (AvgIpc) is 2.34. The highest BCUT2D eigenvalue weighted by Gasteiger charge is 2.20. The molecule has 0 radical (unpaired) electrons. The van der Waals surface area contributed by atoms with E-state index >= 15 is 0 Å². The number of rotatable bonds is 7. The molecular formula is C12H16N2O4. The topological polar surface area (TPSA) is 99.5 Å². The van der Waals surface area contributed by atoms with Crippen LogP contribution in [-0.4, -0.2) is 33.2 Å². The Balaban J connectivity index is 2.86. The van der Waals surface area contributed by atoms with Gasteiger partial charge in [0, 0.05) is 6.20 Å². The fourth-order valence-corrected chi connectivity index (χ4v) is 1.52. The van der Waals surface area contributed by atoms with Gasteiger partial charge in [0.1, 0.15) is 17.4 Å². The molecule has 1 aromatic rings. The van der Waals surface area contributed by atoms with Crippen LogP contribution in [0, 0.1) is 0 Å². The lowest BCUT2D eigenvalue weighted by Gasteiger charge is -2.15. The molecule has 6 heteroatoms. The number of nitrogens with one attached hydrogen (secondary N) is 1. The van der Waals surface area contributed by atoms with Crippen molar-refractivity contribution in [1.29, 1.82) is 0 Å². The van der Waals surface area contributed by atoms with Crippen LogP contribution in [0.3, 0.4) is 0 Å². The zero-order valence-corrected chi connectivity index (χ0v) is 10.1. The fourth-order valence-electron chi connectivity index (χ4n) is 1.52. The second kappa shape index (κ2) is 6.58. The van der Waals surface area contributed by atoms with E-state index in [2.05, 4.69) is 10.3 Å². The molecule has 1 heterocycles. The van der Waals surface area contributed by atoms with E-state index in [1.54, 1.807) is 0 Å². The maximum absolute atomic E-state index is 11.1. The number of anilines is 1. The first-order valence-electron chi connectivity index (χ1n) is 5.74. The van der Waals surface area contributed by atoms with Crippen molar-refractivity contribution in [2.24, 2.45) is 0 Å². The molecule has 1 atom stereocenters. The molecule has 18 heavy (non-hydrogen) atoms. The van der Waals surface area contributed by atoms with Gasteiger partial charge in [-0.3, -0.25) is 0 Å². The van der Waals surface area contributed by atoms with Crippen LogP contribution >= 0.6 is 0 Å². The Labute approximate surface area is 105 Å². The number of unbranched alkanes of at least 4 members (excludes halogenated alkanes) is 1. The summed E-state index contributed by atoms with van der Waals surface area (Å²) in [7, 11) is 0. The maximum Gasteiger partial charge on any atom is 0.339 e. The minimum absolute atomic E-state index is 0.0275. The van der Waals surface area contributed by atoms with Gasteiger partial charge in [0.25, 0.3) is 0 Å². The second-order valence-electron chi connectivity index (χ2n) is 3.88. The average molecular weight is 252 g/mol. The number of nitrogens with zero attached hydrogens (tertiary/aromatic N) is 1. The summed E-state index contributed by atoms with van der Waals surface area (Å²) in [5, 5.41) is 20.7. The highest BCUT2D eigenvalue weighted by Crippen LogP contribution is 2.14. The number of aromatic carboxylic acids is 1. The summed E-state index contributed by atoms with van der Waals surface area (Å²) in [5.41, 5.74) is -0.0275. The second-order valence-corrected chi connectivity index (χ2v) is 3.88. The maximum atomic E-state index is 11.1. The molecule has 0 saturated carbocycles. The van der Waals surface area contributed by atoms with Gasteiger partial charge in [-0.2, -0.15) is 0 Å². The quantitative estimate of drug-likeness (QED) is 0.684. The first kappa shape index (κ1) is 14.0. The molecule has 1 unspecified atom stereocenters. The van der Waals surface area contributed by atoms with Crippen LogP contribution in [-0.2, 0) is 4.79 Å². The van der Waals surface area contributed by atoms with Gasteiger partial charge in [-0.05, 0) is 18.6 Å². The minimum atomic E-state index is -1.13. The normalized spacial score (nSPS) is 11.8. The third-order valence-corrected chi connectivity index (χ3v) is 2.49. The molecule has 0 saturated heterocycles. The molecule has 1 rings (SSSR count). The van der Waals surface area contributed by atoms with E-state index in [0.717, 1.165) is 12.8 Å². The van der Waals surface area contributed by atoms with Crippen molar-refractivity contribution in [2.45, 2.75) is 32.2 Å². The molecule has 6 nitrogen and oxygen atoms in total. The molecular weight excluding hydrogens is 236 g/mol. The third kappa shape index (κ3) is 3.73. The van der Waals surface area contributed by atoms with Gasteiger partial charge in [-0.15, -0.1) is 0 Å². The number of hydrogen-bond acceptors (Lipinski definition) is 4. The van der Waals surface area contributed by atoms with E-state index in [1.807, 2.05) is 6.92 Å². The van der Waals surface area contributed by atoms with Crippen molar-refractivity contribution in [1.82, 2.24) is 4.98 Å². The largest absolute Gasteiger partial charge is 0.480 e. The number of carboxylic acids is 2. The van der Waals surface area contributed by atoms with Gasteiger partial charge in [0.15, 0.2) is 0 Å². The van der Waals surface area contributed by atoms with Crippen LogP contribution < -0.4 is 5.32 Å². The Bertz CT molecular complexity index is 434. The molecule has 3 N–H and O–H groups in total. The molecule has 0 bridgehead atoms. The van der Waals surface area contributed by atoms with Gasteiger partial charge in [-0.1, -0.05) is 19.8 Å². The smallest absolute Gasteiger partial charge is 0.339 e. The summed E-state index contributed by atoms with van der Waals surface area (Å²) in [5.74, 6) is -2.05. The van der Waals surface area contributed by atoms with Gasteiger partial charge < -0.3 is 15.5 Å². The van der Waals surface area contributed by atoms with Crippen LogP contribution in [0.4, 0.5) is 5.82 Å². The highest BCUT2D eigenvalue weighted by atomic mass is 16.4. The van der Waals surface area contributed by atoms with Crippen molar-refractivity contribution >= 4 is 17.8 Å². The summed E-state index contributed by atoms with van der Waals surface area (Å²) in [6, 6.07) is 2.06. The van der Waals surface area contributed by atoms with Gasteiger partial charge >= 0.3 is 11.9 Å². The number of carboxylic acid groups (broad SMARTS) is 2. The van der Waals surface area contributed by atoms with E-state index in [9.17, 15) is 9.59 Å². The van der Waals surface area contributed by atoms with Crippen LogP contribution in [0.15, 0.2) is 18.3 Å². The Morgan fingerprint density at radius 1 is 1.44 bits per heavy atom. The summed E-state index contributed by atoms with van der Waals surface area (Å²) in [6.07, 6.45) is 3.48. The molecule has 0 aliphatic carbocycles. The van der Waals surface area contributed by atoms with Crippen molar-refractivity contribution < 1.29 is 19.8 Å². The predicted octanol–water partition coefficient (Wildman–Crippen LogP) is 1.84. The monoisotopic (exact) mass is 252 g/mol. The molecule has 0 amide bonds. The number of aliphatic carboxylic acids is 1. The zero-order chi connectivity index (χ0) is 13.5. The summed E-state index contributed by atoms with van der Waals surface area (Å²) in [6.45, 7) is 1.96. The SMILES string of the molecule is CCCCC(Nc1ncccc1C(=O)O)C(=O)O. The standard InChI is InChI=1S/C12H16N2O4/c1-2-3-6-9(12(17)18)14-10-8(11(15)16)5-4-7-13-10/h4-5,7,9H,2-3,6H2,1H3,(H,13,14)(H,15,16)(H,17,18). The van der Waals surface area contributed by atoms with Crippen molar-refractivity contribution in [2.75, 3.05) is 5.32 Å². The Morgan fingerprint density at radius 2 is 2.17 bits per heavy atom. The third-order valence-electron chi connectivity index (χ3n) is 2.49. The minimum Gasteiger partial charge on any atom is -0.480 e. The van der Waals surface area contributed by atoms with Gasteiger partial charge in [-0.25, -0.2) is 14.6 Å². The van der Waals surface area contributed by atoms with E-state index in [0.29, 0.717) is 6.42 Å². The van der Waals surface area contributed by atoms with Crippen LogP contribution in [0.2, 0.25) is 0 Å². The summed E-state index contributed by atoms with van der Waals surface area (Å²) in [4.78, 5) is 25.9. The molecule has 1 aromatic heterocycles. The van der Waals surface area contributed by atoms with Crippen molar-refractivity contribution in [3.05, 3.63) is 23.9 Å². The number of hydrogen-bond donors (Lipinski definition) is 3. The van der Waals surface area contributed by atoms with Crippen LogP contribution in [0.1, 0.15) is 36.5 Å². The number of pyridine rings is 1. The fraction of sp³-hybridized carbons (Fsp3) is 0.417. The Morgan fingerprint density at radius 3 is 2.72 bits per heavy atom. The zero-order valence-electron chi connectivity index (χ0n) is 10.1. The lowest BCUT2D eigenvalue weighted by atomic mass is 10.1. The molecule has 0 aliphatic rings. The van der Waals surface area contributed by atoms with E-state index in [-0.39, 0.29) is 11.4 Å². The first-order valence-corrected chi connectivity index (χ1v) is 5.74. The molecule has 0 aromatic carbocycles. The van der Waals surface area contributed by atoms with Crippen LogP contribution in [0.25, 0.3) is 0 Å². The predicted molar refractivity (Wildman–Crippen MR) is 65.8 cm³/mol. The molecule has 0 spiro atoms. The van der Waals surface area contributed by atoms with Crippen molar-refractivity contribution in [3.63, 3.8) is 0 Å². The van der Waals surface area contributed by atoms with E-state index in [4.69, 9.17) is 10.2 Å². The van der Waals surface area contributed by atoms with Crippen molar-refractivity contribution in [3.8, 4) is 0 Å². The number of aromatic nitrogens is 1. The molecule has 0 aliphatic heterocycles. The lowest BCUT2D eigenvalue weighted by Crippen LogP contribution is -2.30. The molecule has 0 fully saturated rings. The molecule has 98 valence electrons. The van der Waals surface area contributed by atoms with E-state index in [1.165, 1.54) is 18.3 Å². The number of carbonyl (C=O) groups is 2. The highest BCUT2D eigenvalue weighted by molar-refractivity contribution is 5.93. The summed E-state index contributed by atoms with van der Waals surface area (Å²) < 4.78 is 0. The van der Waals surface area contributed by atoms with Gasteiger partial charge in [0.2, 0.25) is 0 Å². The first-order chi connectivity index (χ1) is 8.56. The van der Waals surface area contributed by atoms with Crippen LogP contribution in [0.5, 0.6) is 0 Å². The Kier molecular flexibility index (Phi) is 5.10.